The molecule has 3 aromatic rings. The van der Waals surface area contributed by atoms with Gasteiger partial charge >= 0.3 is 119 Å². The van der Waals surface area contributed by atoms with E-state index >= 15 is 0 Å². The number of rotatable bonds is 3. The molecule has 1 aromatic carbocycles. The van der Waals surface area contributed by atoms with Crippen LogP contribution in [-0.2, 0) is 6.61 Å². The van der Waals surface area contributed by atoms with Crippen LogP contribution in [0.3, 0.4) is 0 Å². The van der Waals surface area contributed by atoms with E-state index in [0.29, 0.717) is 12.5 Å². The van der Waals surface area contributed by atoms with Crippen LogP contribution in [0.15, 0.2) is 42.7 Å². The number of hydrogen-bond acceptors (Lipinski definition) is 3. The molecule has 1 unspecified atom stereocenters. The average molecular weight is 315 g/mol. The van der Waals surface area contributed by atoms with Gasteiger partial charge in [0, 0.05) is 0 Å². The van der Waals surface area contributed by atoms with Gasteiger partial charge in [0.05, 0.1) is 0 Å². The van der Waals surface area contributed by atoms with E-state index in [1.165, 1.54) is 4.48 Å². The topological polar surface area (TPSA) is 39.4 Å². The Balaban J connectivity index is 1.91. The summed E-state index contributed by atoms with van der Waals surface area (Å²) in [5.74, 6) is 0.582. The minimum atomic E-state index is 0.504. The summed E-state index contributed by atoms with van der Waals surface area (Å²) in [6, 6.07) is 10.1. The van der Waals surface area contributed by atoms with Crippen molar-refractivity contribution < 1.29 is 4.74 Å². The fraction of sp³-hybridized carbons (Fsp3) is 0.143. The Labute approximate surface area is 120 Å². The number of benzene rings is 1. The van der Waals surface area contributed by atoms with Gasteiger partial charge in [-0.2, -0.15) is 0 Å². The Morgan fingerprint density at radius 2 is 2.05 bits per heavy atom. The first kappa shape index (κ1) is 12.2. The zero-order chi connectivity index (χ0) is 13.2. The molecule has 0 saturated carbocycles. The Bertz CT molecular complexity index is 709. The van der Waals surface area contributed by atoms with Crippen LogP contribution in [0.1, 0.15) is 11.3 Å². The second-order valence-electron chi connectivity index (χ2n) is 4.28. The molecule has 0 aliphatic rings. The summed E-state index contributed by atoms with van der Waals surface area (Å²) >= 11 is 1.55. The quantitative estimate of drug-likeness (QED) is 0.674. The third-order valence-electron chi connectivity index (χ3n) is 2.95. The van der Waals surface area contributed by atoms with E-state index in [4.69, 9.17) is 4.74 Å². The Kier molecular flexibility index (Phi) is 3.26. The molecule has 5 heteroatoms. The minimum absolute atomic E-state index is 0.504. The van der Waals surface area contributed by atoms with E-state index in [9.17, 15) is 0 Å². The van der Waals surface area contributed by atoms with Crippen LogP contribution in [-0.4, -0.2) is 31.2 Å². The summed E-state index contributed by atoms with van der Waals surface area (Å²) in [6.07, 6.45) is 3.67. The van der Waals surface area contributed by atoms with Crippen LogP contribution < -0.4 is 9.22 Å². The summed E-state index contributed by atoms with van der Waals surface area (Å²) < 4.78 is 8.99. The van der Waals surface area contributed by atoms with Crippen molar-refractivity contribution in [2.24, 2.45) is 0 Å². The van der Waals surface area contributed by atoms with Crippen molar-refractivity contribution >= 4 is 27.0 Å². The van der Waals surface area contributed by atoms with Crippen molar-refractivity contribution in [2.75, 3.05) is 0 Å². The molecule has 2 aromatic heterocycles. The van der Waals surface area contributed by atoms with Crippen LogP contribution in [0.5, 0.6) is 5.88 Å². The number of fused-ring (bicyclic) bond motifs is 1. The van der Waals surface area contributed by atoms with Gasteiger partial charge in [0.25, 0.3) is 0 Å². The number of hydrogen-bond donors (Lipinski definition) is 0. The molecule has 0 fully saturated rings. The molecular formula is C14H14AsN3O. The molecule has 0 saturated heterocycles. The second kappa shape index (κ2) is 5.06. The normalized spacial score (nSPS) is 10.8. The maximum absolute atomic E-state index is 5.79. The molecule has 0 radical (unpaired) electrons. The monoisotopic (exact) mass is 315 g/mol. The van der Waals surface area contributed by atoms with Gasteiger partial charge in [0.15, 0.2) is 0 Å². The third kappa shape index (κ3) is 2.36. The van der Waals surface area contributed by atoms with Crippen LogP contribution in [0.4, 0.5) is 0 Å². The van der Waals surface area contributed by atoms with Gasteiger partial charge in [-0.1, -0.05) is 0 Å². The molecule has 0 aliphatic carbocycles. The van der Waals surface area contributed by atoms with E-state index in [1.807, 2.05) is 47.9 Å². The average Bonchev–Trinajstić information content (AvgIpc) is 2.74. The van der Waals surface area contributed by atoms with Gasteiger partial charge in [-0.3, -0.25) is 0 Å². The Morgan fingerprint density at radius 1 is 1.26 bits per heavy atom. The predicted molar refractivity (Wildman–Crippen MR) is 76.7 cm³/mol. The number of aromatic nitrogens is 3. The summed E-state index contributed by atoms with van der Waals surface area (Å²) in [7, 11) is 0. The number of imidazole rings is 1. The van der Waals surface area contributed by atoms with Crippen molar-refractivity contribution in [3.05, 3.63) is 54.0 Å². The molecule has 4 nitrogen and oxygen atoms in total. The van der Waals surface area contributed by atoms with Crippen LogP contribution in [0.2, 0.25) is 0 Å². The zero-order valence-electron chi connectivity index (χ0n) is 10.6. The Morgan fingerprint density at radius 3 is 2.84 bits per heavy atom. The van der Waals surface area contributed by atoms with E-state index in [2.05, 4.69) is 9.97 Å². The predicted octanol–water partition coefficient (Wildman–Crippen LogP) is 0.875. The summed E-state index contributed by atoms with van der Waals surface area (Å²) in [4.78, 5) is 8.79. The summed E-state index contributed by atoms with van der Waals surface area (Å²) in [6.45, 7) is 2.51. The molecule has 0 aliphatic heterocycles. The first-order chi connectivity index (χ1) is 9.25. The third-order valence-corrected chi connectivity index (χ3v) is 4.41. The van der Waals surface area contributed by atoms with Gasteiger partial charge in [-0.25, -0.2) is 0 Å². The Hall–Kier alpha value is -1.80. The first-order valence-corrected chi connectivity index (χ1v) is 7.22. The van der Waals surface area contributed by atoms with Gasteiger partial charge in [-0.15, -0.1) is 0 Å². The van der Waals surface area contributed by atoms with Crippen molar-refractivity contribution in [3.63, 3.8) is 0 Å². The van der Waals surface area contributed by atoms with E-state index < -0.39 is 0 Å². The van der Waals surface area contributed by atoms with Crippen LogP contribution >= 0.6 is 0 Å². The van der Waals surface area contributed by atoms with Crippen molar-refractivity contribution in [1.29, 1.82) is 0 Å². The SMILES string of the molecule is Cc1nc2c(OCc3ccccc3)nccn2c1[AsH2]. The molecule has 0 bridgehead atoms. The first-order valence-electron chi connectivity index (χ1n) is 6.01. The van der Waals surface area contributed by atoms with Crippen molar-refractivity contribution in [1.82, 2.24) is 14.4 Å². The number of ether oxygens (including phenoxy) is 1. The molecule has 0 N–H and O–H groups in total. The molecule has 3 rings (SSSR count). The fourth-order valence-electron chi connectivity index (χ4n) is 1.91. The van der Waals surface area contributed by atoms with Gasteiger partial charge in [-0.05, 0) is 0 Å². The molecule has 0 amide bonds. The second-order valence-corrected chi connectivity index (χ2v) is 5.43. The molecule has 2 heterocycles. The molecule has 1 atom stereocenters. The number of nitrogens with zero attached hydrogens (tertiary/aromatic N) is 3. The van der Waals surface area contributed by atoms with Gasteiger partial charge in [0.1, 0.15) is 0 Å². The summed E-state index contributed by atoms with van der Waals surface area (Å²) in [5.41, 5.74) is 2.93. The van der Waals surface area contributed by atoms with E-state index in [1.54, 1.807) is 23.0 Å². The van der Waals surface area contributed by atoms with Crippen LogP contribution in [0.25, 0.3) is 5.65 Å². The van der Waals surface area contributed by atoms with Crippen molar-refractivity contribution in [3.8, 4) is 5.88 Å². The molecule has 19 heavy (non-hydrogen) atoms. The zero-order valence-corrected chi connectivity index (χ0v) is 13.0. The molecular weight excluding hydrogens is 301 g/mol. The molecule has 96 valence electrons. The maximum atomic E-state index is 5.79. The van der Waals surface area contributed by atoms with Gasteiger partial charge in [0.2, 0.25) is 0 Å². The van der Waals surface area contributed by atoms with Gasteiger partial charge < -0.3 is 0 Å². The molecule has 0 spiro atoms. The van der Waals surface area contributed by atoms with Crippen LogP contribution in [0, 0.1) is 6.92 Å². The van der Waals surface area contributed by atoms with E-state index in [-0.39, 0.29) is 0 Å². The summed E-state index contributed by atoms with van der Waals surface area (Å²) in [5, 5.41) is 0. The fourth-order valence-corrected chi connectivity index (χ4v) is 2.49. The standard InChI is InChI=1S/C14H14AsN3O/c1-10-12(15)18-8-7-16-14(13(18)17-10)19-9-11-5-3-2-4-6-11/h2-8H,9,15H2,1H3. The van der Waals surface area contributed by atoms with E-state index in [0.717, 1.165) is 16.9 Å². The number of aryl methyl sites for hydroxylation is 1. The van der Waals surface area contributed by atoms with Crippen molar-refractivity contribution in [2.45, 2.75) is 13.5 Å².